The molecule has 0 spiro atoms. The molecular formula is C22H17N7S. The van der Waals surface area contributed by atoms with Gasteiger partial charge in [0.1, 0.15) is 5.69 Å². The van der Waals surface area contributed by atoms with Crippen LogP contribution in [0.1, 0.15) is 4.88 Å². The van der Waals surface area contributed by atoms with Crippen LogP contribution >= 0.6 is 11.3 Å². The maximum atomic E-state index is 4.56. The summed E-state index contributed by atoms with van der Waals surface area (Å²) in [6, 6.07) is 8.54. The predicted octanol–water partition coefficient (Wildman–Crippen LogP) is 4.94. The third kappa shape index (κ3) is 2.65. The van der Waals surface area contributed by atoms with E-state index in [4.69, 9.17) is 0 Å². The monoisotopic (exact) mass is 411 g/mol. The molecule has 30 heavy (non-hydrogen) atoms. The van der Waals surface area contributed by atoms with E-state index in [0.29, 0.717) is 0 Å². The number of nitrogens with one attached hydrogen (secondary N) is 2. The van der Waals surface area contributed by atoms with Crippen molar-refractivity contribution in [2.24, 2.45) is 7.05 Å². The average molecular weight is 411 g/mol. The second kappa shape index (κ2) is 6.36. The molecule has 0 unspecified atom stereocenters. The Morgan fingerprint density at radius 2 is 1.93 bits per heavy atom. The third-order valence-electron chi connectivity index (χ3n) is 5.26. The van der Waals surface area contributed by atoms with Crippen molar-refractivity contribution >= 4 is 33.3 Å². The average Bonchev–Trinajstić information content (AvgIpc) is 3.52. The van der Waals surface area contributed by atoms with E-state index in [1.165, 1.54) is 9.75 Å². The molecule has 0 saturated heterocycles. The lowest BCUT2D eigenvalue weighted by atomic mass is 10.1. The molecule has 0 bridgehead atoms. The van der Waals surface area contributed by atoms with Crippen molar-refractivity contribution in [3.8, 4) is 33.0 Å². The van der Waals surface area contributed by atoms with Gasteiger partial charge in [-0.1, -0.05) is 0 Å². The smallest absolute Gasteiger partial charge is 0.155 e. The minimum Gasteiger partial charge on any atom is -0.352 e. The van der Waals surface area contributed by atoms with E-state index in [2.05, 4.69) is 61.4 Å². The van der Waals surface area contributed by atoms with Crippen molar-refractivity contribution < 1.29 is 0 Å². The van der Waals surface area contributed by atoms with E-state index in [1.807, 2.05) is 38.0 Å². The predicted molar refractivity (Wildman–Crippen MR) is 119 cm³/mol. The van der Waals surface area contributed by atoms with E-state index in [-0.39, 0.29) is 0 Å². The third-order valence-corrected chi connectivity index (χ3v) is 6.30. The second-order valence-electron chi connectivity index (χ2n) is 7.34. The van der Waals surface area contributed by atoms with Crippen LogP contribution in [0.4, 0.5) is 0 Å². The van der Waals surface area contributed by atoms with Gasteiger partial charge in [0, 0.05) is 62.9 Å². The fourth-order valence-corrected chi connectivity index (χ4v) is 4.68. The van der Waals surface area contributed by atoms with Crippen LogP contribution in [-0.2, 0) is 7.05 Å². The van der Waals surface area contributed by atoms with Gasteiger partial charge in [-0.05, 0) is 31.2 Å². The number of hydrogen-bond donors (Lipinski definition) is 2. The minimum atomic E-state index is 0.753. The first-order valence-electron chi connectivity index (χ1n) is 9.53. The molecule has 0 saturated carbocycles. The molecule has 8 heteroatoms. The Hall–Kier alpha value is -3.78. The molecule has 0 aromatic carbocycles. The van der Waals surface area contributed by atoms with Gasteiger partial charge in [0.15, 0.2) is 5.65 Å². The van der Waals surface area contributed by atoms with Crippen LogP contribution < -0.4 is 0 Å². The molecule has 0 aliphatic heterocycles. The number of fused-ring (bicyclic) bond motifs is 2. The first kappa shape index (κ1) is 17.1. The molecule has 6 aromatic heterocycles. The van der Waals surface area contributed by atoms with E-state index in [1.54, 1.807) is 16.0 Å². The Balaban J connectivity index is 1.52. The summed E-state index contributed by atoms with van der Waals surface area (Å²) in [5.74, 6) is 0. The molecule has 0 fully saturated rings. The molecule has 146 valence electrons. The van der Waals surface area contributed by atoms with Crippen molar-refractivity contribution in [3.63, 3.8) is 0 Å². The van der Waals surface area contributed by atoms with Crippen molar-refractivity contribution in [2.75, 3.05) is 0 Å². The Kier molecular flexibility index (Phi) is 3.63. The quantitative estimate of drug-likeness (QED) is 0.432. The van der Waals surface area contributed by atoms with Crippen molar-refractivity contribution in [2.45, 2.75) is 6.92 Å². The Morgan fingerprint density at radius 3 is 2.73 bits per heavy atom. The van der Waals surface area contributed by atoms with Crippen LogP contribution in [0.3, 0.4) is 0 Å². The van der Waals surface area contributed by atoms with Crippen molar-refractivity contribution in [3.05, 3.63) is 60.1 Å². The number of nitrogens with zero attached hydrogens (tertiary/aromatic N) is 5. The summed E-state index contributed by atoms with van der Waals surface area (Å²) in [4.78, 5) is 15.0. The van der Waals surface area contributed by atoms with E-state index in [9.17, 15) is 0 Å². The van der Waals surface area contributed by atoms with Gasteiger partial charge >= 0.3 is 0 Å². The highest BCUT2D eigenvalue weighted by molar-refractivity contribution is 7.15. The number of H-pyrrole nitrogens is 2. The second-order valence-corrected chi connectivity index (χ2v) is 8.62. The van der Waals surface area contributed by atoms with Gasteiger partial charge in [-0.15, -0.1) is 11.3 Å². The number of hydrogen-bond acceptors (Lipinski definition) is 5. The summed E-state index contributed by atoms with van der Waals surface area (Å²) >= 11 is 1.77. The maximum absolute atomic E-state index is 4.56. The molecule has 6 heterocycles. The summed E-state index contributed by atoms with van der Waals surface area (Å²) in [6.07, 6.45) is 9.44. The molecule has 0 radical (unpaired) electrons. The van der Waals surface area contributed by atoms with Crippen LogP contribution in [0.15, 0.2) is 55.2 Å². The van der Waals surface area contributed by atoms with Crippen LogP contribution in [-0.4, -0.2) is 34.9 Å². The fourth-order valence-electron chi connectivity index (χ4n) is 3.79. The van der Waals surface area contributed by atoms with Gasteiger partial charge in [0.25, 0.3) is 0 Å². The highest BCUT2D eigenvalue weighted by Crippen LogP contribution is 2.36. The zero-order chi connectivity index (χ0) is 20.2. The first-order valence-corrected chi connectivity index (χ1v) is 10.3. The SMILES string of the molecule is Cc1ccc(-c2cncc3[nH]c(-c4n[nH]c5ncc(-c6cnn(C)c6)cc45)cc23)s1. The van der Waals surface area contributed by atoms with Crippen LogP contribution in [0.25, 0.3) is 54.9 Å². The Labute approximate surface area is 175 Å². The minimum absolute atomic E-state index is 0.753. The van der Waals surface area contributed by atoms with Gasteiger partial charge in [-0.3, -0.25) is 14.8 Å². The van der Waals surface area contributed by atoms with Gasteiger partial charge in [-0.25, -0.2) is 4.98 Å². The maximum Gasteiger partial charge on any atom is 0.155 e. The lowest BCUT2D eigenvalue weighted by Crippen LogP contribution is -1.84. The van der Waals surface area contributed by atoms with Crippen molar-refractivity contribution in [1.29, 1.82) is 0 Å². The summed E-state index contributed by atoms with van der Waals surface area (Å²) in [6.45, 7) is 2.12. The molecule has 7 nitrogen and oxygen atoms in total. The number of pyridine rings is 2. The zero-order valence-corrected chi connectivity index (χ0v) is 17.2. The lowest BCUT2D eigenvalue weighted by molar-refractivity contribution is 0.768. The largest absolute Gasteiger partial charge is 0.352 e. The van der Waals surface area contributed by atoms with Crippen LogP contribution in [0, 0.1) is 6.92 Å². The number of aromatic amines is 2. The van der Waals surface area contributed by atoms with Crippen LogP contribution in [0.2, 0.25) is 0 Å². The molecule has 6 rings (SSSR count). The van der Waals surface area contributed by atoms with Crippen LogP contribution in [0.5, 0.6) is 0 Å². The lowest BCUT2D eigenvalue weighted by Gasteiger charge is -1.98. The first-order chi connectivity index (χ1) is 14.7. The zero-order valence-electron chi connectivity index (χ0n) is 16.3. The number of rotatable bonds is 3. The summed E-state index contributed by atoms with van der Waals surface area (Å²) in [5.41, 5.74) is 6.67. The fraction of sp³-hybridized carbons (Fsp3) is 0.0909. The van der Waals surface area contributed by atoms with Gasteiger partial charge in [-0.2, -0.15) is 10.2 Å². The number of aryl methyl sites for hydroxylation is 2. The van der Waals surface area contributed by atoms with Gasteiger partial charge in [0.2, 0.25) is 0 Å². The Morgan fingerprint density at radius 1 is 1.00 bits per heavy atom. The number of aromatic nitrogens is 7. The molecule has 6 aromatic rings. The Bertz CT molecular complexity index is 1530. The normalized spacial score (nSPS) is 11.7. The van der Waals surface area contributed by atoms with E-state index in [0.717, 1.165) is 50.0 Å². The standard InChI is InChI=1S/C22H17N7S/c1-12-3-4-20(30-12)17-9-23-10-19-15(17)6-18(26-19)21-16-5-13(7-24-22(16)28-27-21)14-8-25-29(2)11-14/h3-11,26H,1-2H3,(H,24,27,28). The highest BCUT2D eigenvalue weighted by atomic mass is 32.1. The highest BCUT2D eigenvalue weighted by Gasteiger charge is 2.16. The molecule has 0 aliphatic rings. The summed E-state index contributed by atoms with van der Waals surface area (Å²) in [5, 5.41) is 14.0. The molecule has 0 amide bonds. The molecule has 0 aliphatic carbocycles. The number of thiophene rings is 1. The summed E-state index contributed by atoms with van der Waals surface area (Å²) in [7, 11) is 1.91. The van der Waals surface area contributed by atoms with E-state index < -0.39 is 0 Å². The summed E-state index contributed by atoms with van der Waals surface area (Å²) < 4.78 is 1.79. The molecule has 0 atom stereocenters. The van der Waals surface area contributed by atoms with E-state index >= 15 is 0 Å². The van der Waals surface area contributed by atoms with Gasteiger partial charge < -0.3 is 4.98 Å². The topological polar surface area (TPSA) is 88.1 Å². The van der Waals surface area contributed by atoms with Gasteiger partial charge in [0.05, 0.1) is 23.6 Å². The van der Waals surface area contributed by atoms with Crippen molar-refractivity contribution in [1.82, 2.24) is 34.9 Å². The molecular weight excluding hydrogens is 394 g/mol. The molecule has 2 N–H and O–H groups in total.